The summed E-state index contributed by atoms with van der Waals surface area (Å²) < 4.78 is 9.37. The summed E-state index contributed by atoms with van der Waals surface area (Å²) >= 11 is 1.49. The van der Waals surface area contributed by atoms with Crippen molar-refractivity contribution in [3.63, 3.8) is 0 Å². The van der Waals surface area contributed by atoms with Crippen LogP contribution in [0.2, 0.25) is 0 Å². The van der Waals surface area contributed by atoms with Gasteiger partial charge in [0.1, 0.15) is 12.1 Å². The third-order valence-electron chi connectivity index (χ3n) is 2.15. The highest BCUT2D eigenvalue weighted by Crippen LogP contribution is 2.36. The highest BCUT2D eigenvalue weighted by atomic mass is 32.2. The lowest BCUT2D eigenvalue weighted by atomic mass is 10.3. The smallest absolute Gasteiger partial charge is 0.120 e. The number of ether oxygens (including phenoxy) is 1. The van der Waals surface area contributed by atoms with Crippen LogP contribution in [0.15, 0.2) is 27.5 Å². The maximum atomic E-state index is 5.17. The van der Waals surface area contributed by atoms with Crippen LogP contribution in [0.5, 0.6) is 5.75 Å². The molecular weight excluding hydrogens is 196 g/mol. The Kier molecular flexibility index (Phi) is 2.63. The molecule has 1 heterocycles. The molecule has 1 aliphatic rings. The summed E-state index contributed by atoms with van der Waals surface area (Å²) in [6, 6.07) is 6.05. The standard InChI is InChI=1S/C10H12N2OS/c1-3-12-7-11-14-10-6-8(13-2)4-5-9(10)12/h4-7H,3H2,1-2H3. The Morgan fingerprint density at radius 1 is 1.50 bits per heavy atom. The lowest BCUT2D eigenvalue weighted by Crippen LogP contribution is -2.22. The van der Waals surface area contributed by atoms with Crippen molar-refractivity contribution in [2.45, 2.75) is 11.8 Å². The minimum Gasteiger partial charge on any atom is -0.497 e. The number of rotatable bonds is 2. The molecule has 0 radical (unpaired) electrons. The summed E-state index contributed by atoms with van der Waals surface area (Å²) in [5.74, 6) is 0.879. The molecule has 0 spiro atoms. The SMILES string of the molecule is CCN1C=NSc2cc(OC)ccc21. The van der Waals surface area contributed by atoms with Crippen molar-refractivity contribution < 1.29 is 4.74 Å². The van der Waals surface area contributed by atoms with E-state index in [1.54, 1.807) is 7.11 Å². The van der Waals surface area contributed by atoms with E-state index in [9.17, 15) is 0 Å². The molecule has 1 aliphatic heterocycles. The third-order valence-corrected chi connectivity index (χ3v) is 2.88. The summed E-state index contributed by atoms with van der Waals surface area (Å²) in [5, 5.41) is 0. The molecule has 0 N–H and O–H groups in total. The quantitative estimate of drug-likeness (QED) is 0.698. The van der Waals surface area contributed by atoms with E-state index in [4.69, 9.17) is 4.74 Å². The van der Waals surface area contributed by atoms with E-state index < -0.39 is 0 Å². The molecule has 1 aromatic rings. The molecule has 74 valence electrons. The van der Waals surface area contributed by atoms with Crippen molar-refractivity contribution in [2.24, 2.45) is 4.40 Å². The number of nitrogens with zero attached hydrogens (tertiary/aromatic N) is 2. The van der Waals surface area contributed by atoms with Gasteiger partial charge < -0.3 is 9.64 Å². The van der Waals surface area contributed by atoms with Crippen LogP contribution in [-0.2, 0) is 0 Å². The highest BCUT2D eigenvalue weighted by molar-refractivity contribution is 7.98. The normalized spacial score (nSPS) is 14.0. The van der Waals surface area contributed by atoms with E-state index in [1.807, 2.05) is 18.5 Å². The van der Waals surface area contributed by atoms with Crippen LogP contribution in [0.1, 0.15) is 6.92 Å². The monoisotopic (exact) mass is 208 g/mol. The van der Waals surface area contributed by atoms with Crippen molar-refractivity contribution in [2.75, 3.05) is 18.6 Å². The summed E-state index contributed by atoms with van der Waals surface area (Å²) in [6.07, 6.45) is 1.86. The molecule has 3 nitrogen and oxygen atoms in total. The van der Waals surface area contributed by atoms with Gasteiger partial charge >= 0.3 is 0 Å². The van der Waals surface area contributed by atoms with Crippen LogP contribution in [0.25, 0.3) is 0 Å². The molecule has 0 aromatic heterocycles. The summed E-state index contributed by atoms with van der Waals surface area (Å²) in [7, 11) is 1.68. The van der Waals surface area contributed by atoms with Crippen LogP contribution in [0.3, 0.4) is 0 Å². The second-order valence-corrected chi connectivity index (χ2v) is 3.77. The predicted octanol–water partition coefficient (Wildman–Crippen LogP) is 2.57. The number of anilines is 1. The number of hydrogen-bond acceptors (Lipinski definition) is 4. The van der Waals surface area contributed by atoms with Crippen LogP contribution >= 0.6 is 11.9 Å². The van der Waals surface area contributed by atoms with Crippen LogP contribution in [-0.4, -0.2) is 20.0 Å². The first-order chi connectivity index (χ1) is 6.85. The number of fused-ring (bicyclic) bond motifs is 1. The number of benzene rings is 1. The molecule has 14 heavy (non-hydrogen) atoms. The Hall–Kier alpha value is -1.16. The zero-order chi connectivity index (χ0) is 9.97. The first-order valence-corrected chi connectivity index (χ1v) is 5.27. The highest BCUT2D eigenvalue weighted by Gasteiger charge is 2.13. The molecule has 0 amide bonds. The largest absolute Gasteiger partial charge is 0.497 e. The second-order valence-electron chi connectivity index (χ2n) is 2.93. The van der Waals surface area contributed by atoms with Gasteiger partial charge in [-0.2, -0.15) is 0 Å². The van der Waals surface area contributed by atoms with E-state index in [0.717, 1.165) is 17.2 Å². The predicted molar refractivity (Wildman–Crippen MR) is 60.4 cm³/mol. The van der Waals surface area contributed by atoms with Gasteiger partial charge in [-0.25, -0.2) is 4.40 Å². The summed E-state index contributed by atoms with van der Waals surface area (Å²) in [4.78, 5) is 3.26. The van der Waals surface area contributed by atoms with E-state index >= 15 is 0 Å². The van der Waals surface area contributed by atoms with Gasteiger partial charge in [0.2, 0.25) is 0 Å². The third kappa shape index (κ3) is 1.57. The van der Waals surface area contributed by atoms with Gasteiger partial charge in [-0.1, -0.05) is 0 Å². The van der Waals surface area contributed by atoms with Gasteiger partial charge in [-0.3, -0.25) is 0 Å². The van der Waals surface area contributed by atoms with Crippen LogP contribution in [0, 0.1) is 0 Å². The first-order valence-electron chi connectivity index (χ1n) is 4.50. The Labute approximate surface area is 87.9 Å². The molecule has 2 rings (SSSR count). The Bertz CT molecular complexity index is 365. The zero-order valence-electron chi connectivity index (χ0n) is 8.23. The fraction of sp³-hybridized carbons (Fsp3) is 0.300. The van der Waals surface area contributed by atoms with Crippen LogP contribution < -0.4 is 9.64 Å². The minimum absolute atomic E-state index is 0.879. The summed E-state index contributed by atoms with van der Waals surface area (Å²) in [6.45, 7) is 3.04. The topological polar surface area (TPSA) is 24.8 Å². The molecular formula is C10H12N2OS. The van der Waals surface area contributed by atoms with Crippen molar-refractivity contribution in [3.8, 4) is 5.75 Å². The Balaban J connectivity index is 2.39. The number of methoxy groups -OCH3 is 1. The fourth-order valence-electron chi connectivity index (χ4n) is 1.38. The van der Waals surface area contributed by atoms with Gasteiger partial charge in [0, 0.05) is 18.5 Å². The Morgan fingerprint density at radius 2 is 2.36 bits per heavy atom. The average molecular weight is 208 g/mol. The average Bonchev–Trinajstić information content (AvgIpc) is 2.27. The van der Waals surface area contributed by atoms with Crippen molar-refractivity contribution >= 4 is 24.0 Å². The molecule has 0 aliphatic carbocycles. The van der Waals surface area contributed by atoms with E-state index in [1.165, 1.54) is 17.6 Å². The maximum Gasteiger partial charge on any atom is 0.120 e. The second kappa shape index (κ2) is 3.92. The van der Waals surface area contributed by atoms with Gasteiger partial charge in [0.05, 0.1) is 17.7 Å². The van der Waals surface area contributed by atoms with Crippen molar-refractivity contribution in [1.82, 2.24) is 0 Å². The molecule has 0 saturated carbocycles. The molecule has 1 aromatic carbocycles. The number of hydrogen-bond donors (Lipinski definition) is 0. The van der Waals surface area contributed by atoms with Gasteiger partial charge in [-0.15, -0.1) is 0 Å². The maximum absolute atomic E-state index is 5.17. The molecule has 4 heteroatoms. The lowest BCUT2D eigenvalue weighted by molar-refractivity contribution is 0.413. The molecule has 0 atom stereocenters. The minimum atomic E-state index is 0.879. The van der Waals surface area contributed by atoms with Gasteiger partial charge in [-0.05, 0) is 25.1 Å². The molecule has 0 saturated heterocycles. The van der Waals surface area contributed by atoms with Crippen molar-refractivity contribution in [1.29, 1.82) is 0 Å². The van der Waals surface area contributed by atoms with Crippen molar-refractivity contribution in [3.05, 3.63) is 18.2 Å². The Morgan fingerprint density at radius 3 is 3.07 bits per heavy atom. The van der Waals surface area contributed by atoms with E-state index in [0.29, 0.717) is 0 Å². The zero-order valence-corrected chi connectivity index (χ0v) is 9.04. The van der Waals surface area contributed by atoms with Gasteiger partial charge in [0.15, 0.2) is 0 Å². The van der Waals surface area contributed by atoms with Gasteiger partial charge in [0.25, 0.3) is 0 Å². The van der Waals surface area contributed by atoms with E-state index in [-0.39, 0.29) is 0 Å². The van der Waals surface area contributed by atoms with Crippen LogP contribution in [0.4, 0.5) is 5.69 Å². The summed E-state index contributed by atoms with van der Waals surface area (Å²) in [5.41, 5.74) is 1.20. The molecule has 0 unspecified atom stereocenters. The van der Waals surface area contributed by atoms with E-state index in [2.05, 4.69) is 22.3 Å². The fourth-order valence-corrected chi connectivity index (χ4v) is 2.11. The molecule has 0 fully saturated rings. The first kappa shape index (κ1) is 9.40. The molecule has 0 bridgehead atoms. The lowest BCUT2D eigenvalue weighted by Gasteiger charge is -2.23.